The van der Waals surface area contributed by atoms with Gasteiger partial charge in [-0.15, -0.1) is 11.3 Å². The van der Waals surface area contributed by atoms with E-state index in [1.54, 1.807) is 16.2 Å². The second kappa shape index (κ2) is 10.5. The van der Waals surface area contributed by atoms with Gasteiger partial charge in [-0.05, 0) is 56.9 Å². The number of ether oxygens (including phenoxy) is 1. The highest BCUT2D eigenvalue weighted by molar-refractivity contribution is 7.20. The number of thiophene rings is 1. The first-order chi connectivity index (χ1) is 17.6. The first-order valence-electron chi connectivity index (χ1n) is 13.7. The first-order valence-corrected chi connectivity index (χ1v) is 14.5. The van der Waals surface area contributed by atoms with Crippen molar-refractivity contribution >= 4 is 33.6 Å². The Labute approximate surface area is 223 Å². The van der Waals surface area contributed by atoms with Crippen LogP contribution in [0.3, 0.4) is 0 Å². The molecule has 2 N–H and O–H groups in total. The summed E-state index contributed by atoms with van der Waals surface area (Å²) >= 11 is 1.55. The molecule has 9 nitrogen and oxygen atoms in total. The van der Waals surface area contributed by atoms with Crippen LogP contribution in [0.25, 0.3) is 10.2 Å². The molecule has 3 aliphatic rings. The lowest BCUT2D eigenvalue weighted by atomic mass is 9.82. The number of nitrogens with zero attached hydrogens (tertiary/aromatic N) is 4. The van der Waals surface area contributed by atoms with Crippen molar-refractivity contribution in [1.29, 1.82) is 0 Å². The Morgan fingerprint density at radius 1 is 1.08 bits per heavy atom. The van der Waals surface area contributed by atoms with Crippen LogP contribution in [0.15, 0.2) is 6.07 Å². The molecule has 2 saturated heterocycles. The number of hydrogen-bond acceptors (Lipinski definition) is 6. The Kier molecular flexibility index (Phi) is 7.53. The van der Waals surface area contributed by atoms with Gasteiger partial charge in [-0.2, -0.15) is 5.10 Å². The zero-order chi connectivity index (χ0) is 26.3. The van der Waals surface area contributed by atoms with Gasteiger partial charge in [-0.1, -0.05) is 20.8 Å². The Bertz CT molecular complexity index is 1120. The molecule has 2 aliphatic heterocycles. The van der Waals surface area contributed by atoms with Crippen molar-refractivity contribution in [2.75, 3.05) is 32.8 Å². The molecule has 204 valence electrons. The number of carbonyl (C=O) groups excluding carboxylic acids is 1. The minimum Gasteiger partial charge on any atom is -0.465 e. The SMILES string of the molecule is Cc1nn(C2CCOCC2)c2sc(C(=O)NC3CCC(N4CCN(C(=O)O)C(C(C)(C)C)C4)CC3)cc12. The zero-order valence-corrected chi connectivity index (χ0v) is 23.4. The smallest absolute Gasteiger partial charge is 0.407 e. The third-order valence-corrected chi connectivity index (χ3v) is 9.66. The lowest BCUT2D eigenvalue weighted by Gasteiger charge is -2.49. The van der Waals surface area contributed by atoms with Crippen LogP contribution in [0, 0.1) is 12.3 Å². The summed E-state index contributed by atoms with van der Waals surface area (Å²) in [7, 11) is 0. The average molecular weight is 532 g/mol. The van der Waals surface area contributed by atoms with Crippen molar-refractivity contribution in [3.05, 3.63) is 16.6 Å². The van der Waals surface area contributed by atoms with E-state index in [4.69, 9.17) is 9.84 Å². The summed E-state index contributed by atoms with van der Waals surface area (Å²) in [4.78, 5) is 30.9. The molecule has 1 atom stereocenters. The Morgan fingerprint density at radius 3 is 2.43 bits per heavy atom. The van der Waals surface area contributed by atoms with E-state index in [-0.39, 0.29) is 23.4 Å². The number of carbonyl (C=O) groups is 2. The molecule has 0 bridgehead atoms. The van der Waals surface area contributed by atoms with Gasteiger partial charge in [0.1, 0.15) is 4.83 Å². The lowest BCUT2D eigenvalue weighted by molar-refractivity contribution is -0.00188. The molecule has 2 aromatic rings. The van der Waals surface area contributed by atoms with Gasteiger partial charge in [0.05, 0.1) is 22.7 Å². The molecule has 37 heavy (non-hydrogen) atoms. The van der Waals surface area contributed by atoms with Crippen LogP contribution in [0.1, 0.15) is 80.7 Å². The second-order valence-electron chi connectivity index (χ2n) is 12.0. The Hall–Kier alpha value is -2.17. The van der Waals surface area contributed by atoms with E-state index < -0.39 is 6.09 Å². The van der Waals surface area contributed by atoms with Gasteiger partial charge >= 0.3 is 6.09 Å². The van der Waals surface area contributed by atoms with Gasteiger partial charge in [0.2, 0.25) is 0 Å². The maximum atomic E-state index is 13.2. The van der Waals surface area contributed by atoms with Crippen molar-refractivity contribution in [1.82, 2.24) is 24.9 Å². The Morgan fingerprint density at radius 2 is 1.78 bits per heavy atom. The lowest BCUT2D eigenvalue weighted by Crippen LogP contribution is -2.61. The molecule has 0 spiro atoms. The molecule has 2 amide bonds. The molecular weight excluding hydrogens is 490 g/mol. The van der Waals surface area contributed by atoms with Crippen LogP contribution >= 0.6 is 11.3 Å². The van der Waals surface area contributed by atoms with Gasteiger partial charge in [0, 0.05) is 50.3 Å². The number of aromatic nitrogens is 2. The van der Waals surface area contributed by atoms with Gasteiger partial charge in [-0.3, -0.25) is 14.4 Å². The fourth-order valence-corrected chi connectivity index (χ4v) is 7.45. The molecule has 3 fully saturated rings. The largest absolute Gasteiger partial charge is 0.465 e. The minimum absolute atomic E-state index is 0.00958. The maximum Gasteiger partial charge on any atom is 0.407 e. The third-order valence-electron chi connectivity index (χ3n) is 8.53. The van der Waals surface area contributed by atoms with Crippen molar-refractivity contribution in [3.8, 4) is 0 Å². The number of aryl methyl sites for hydroxylation is 1. The summed E-state index contributed by atoms with van der Waals surface area (Å²) in [6.07, 6.45) is 5.06. The van der Waals surface area contributed by atoms with E-state index in [1.165, 1.54) is 0 Å². The molecule has 1 unspecified atom stereocenters. The number of piperazine rings is 1. The predicted octanol–water partition coefficient (Wildman–Crippen LogP) is 4.51. The standard InChI is InChI=1S/C27H41N5O4S/c1-17-21-15-22(37-25(21)32(29-17)20-9-13-36-14-10-20)24(33)28-18-5-7-19(8-6-18)30-11-12-31(26(34)35)23(16-30)27(2,3)4/h15,18-20,23H,5-14,16H2,1-4H3,(H,28,33)(H,34,35). The van der Waals surface area contributed by atoms with Crippen molar-refractivity contribution in [3.63, 3.8) is 0 Å². The normalized spacial score (nSPS) is 26.5. The monoisotopic (exact) mass is 531 g/mol. The molecule has 1 saturated carbocycles. The van der Waals surface area contributed by atoms with E-state index in [2.05, 4.69) is 35.7 Å². The van der Waals surface area contributed by atoms with Crippen molar-refractivity contribution in [2.24, 2.45) is 5.41 Å². The average Bonchev–Trinajstić information content (AvgIpc) is 3.45. The molecule has 5 rings (SSSR count). The minimum atomic E-state index is -0.817. The van der Waals surface area contributed by atoms with Crippen LogP contribution in [0.2, 0.25) is 0 Å². The van der Waals surface area contributed by atoms with Crippen LogP contribution in [0.4, 0.5) is 4.79 Å². The molecular formula is C27H41N5O4S. The van der Waals surface area contributed by atoms with Crippen LogP contribution in [-0.4, -0.2) is 87.7 Å². The summed E-state index contributed by atoms with van der Waals surface area (Å²) in [6.45, 7) is 12.0. The number of rotatable bonds is 4. The molecule has 0 aromatic carbocycles. The summed E-state index contributed by atoms with van der Waals surface area (Å²) in [5.74, 6) is 0.0189. The summed E-state index contributed by atoms with van der Waals surface area (Å²) in [5, 5.41) is 18.8. The molecule has 1 aliphatic carbocycles. The number of fused-ring (bicyclic) bond motifs is 1. The highest BCUT2D eigenvalue weighted by Gasteiger charge is 2.40. The van der Waals surface area contributed by atoms with E-state index in [1.807, 2.05) is 13.0 Å². The fraction of sp³-hybridized carbons (Fsp3) is 0.741. The molecule has 0 radical (unpaired) electrons. The number of amides is 2. The summed E-state index contributed by atoms with van der Waals surface area (Å²) in [5.41, 5.74) is 0.876. The van der Waals surface area contributed by atoms with Crippen LogP contribution < -0.4 is 5.32 Å². The van der Waals surface area contributed by atoms with Gasteiger partial charge in [-0.25, -0.2) is 4.79 Å². The number of carboxylic acid groups (broad SMARTS) is 1. The van der Waals surface area contributed by atoms with Crippen LogP contribution in [0.5, 0.6) is 0 Å². The highest BCUT2D eigenvalue weighted by Crippen LogP contribution is 2.34. The van der Waals surface area contributed by atoms with Gasteiger partial charge in [0.25, 0.3) is 5.91 Å². The number of hydrogen-bond donors (Lipinski definition) is 2. The third kappa shape index (κ3) is 5.52. The second-order valence-corrected chi connectivity index (χ2v) is 13.1. The Balaban J connectivity index is 1.18. The fourth-order valence-electron chi connectivity index (χ4n) is 6.31. The molecule has 10 heteroatoms. The maximum absolute atomic E-state index is 13.2. The highest BCUT2D eigenvalue weighted by atomic mass is 32.1. The predicted molar refractivity (Wildman–Crippen MR) is 144 cm³/mol. The zero-order valence-electron chi connectivity index (χ0n) is 22.5. The quantitative estimate of drug-likeness (QED) is 0.602. The van der Waals surface area contributed by atoms with E-state index >= 15 is 0 Å². The summed E-state index contributed by atoms with van der Waals surface area (Å²) in [6, 6.07) is 2.97. The van der Waals surface area contributed by atoms with E-state index in [9.17, 15) is 14.7 Å². The first kappa shape index (κ1) is 26.4. The molecule has 4 heterocycles. The van der Waals surface area contributed by atoms with Crippen molar-refractivity contribution in [2.45, 2.75) is 90.4 Å². The molecule has 2 aromatic heterocycles. The van der Waals surface area contributed by atoms with E-state index in [0.717, 1.165) is 85.6 Å². The number of nitrogens with one attached hydrogen (secondary N) is 1. The van der Waals surface area contributed by atoms with E-state index in [0.29, 0.717) is 18.6 Å². The summed E-state index contributed by atoms with van der Waals surface area (Å²) < 4.78 is 7.64. The van der Waals surface area contributed by atoms with Gasteiger partial charge < -0.3 is 20.1 Å². The van der Waals surface area contributed by atoms with Crippen LogP contribution in [-0.2, 0) is 4.74 Å². The van der Waals surface area contributed by atoms with Crippen molar-refractivity contribution < 1.29 is 19.4 Å². The van der Waals surface area contributed by atoms with Gasteiger partial charge in [0.15, 0.2) is 0 Å². The topological polar surface area (TPSA) is 99.9 Å².